The van der Waals surface area contributed by atoms with Crippen LogP contribution in [0.4, 0.5) is 18.9 Å². The van der Waals surface area contributed by atoms with Crippen LogP contribution in [0.2, 0.25) is 0 Å². The molecule has 43 heavy (non-hydrogen) atoms. The molecule has 1 aliphatic heterocycles. The number of anilines is 1. The molecule has 9 heteroatoms. The van der Waals surface area contributed by atoms with Gasteiger partial charge in [0.15, 0.2) is 0 Å². The van der Waals surface area contributed by atoms with Crippen molar-refractivity contribution >= 4 is 44.7 Å². The minimum Gasteiger partial charge on any atom is -0.371 e. The second kappa shape index (κ2) is 10.3. The maximum atomic E-state index is 14.5. The Kier molecular flexibility index (Phi) is 6.45. The largest absolute Gasteiger partial charge is 0.418 e. The SMILES string of the molecule is O=CC1CCN(c2ccc(-n3c(=O)ccc4cnc5ccc(-c6cnc7ccccc7c6)cc5c43)cc2C(F)(F)F)CC1. The molecular weight excluding hydrogens is 553 g/mol. The van der Waals surface area contributed by atoms with Crippen LogP contribution in [0, 0.1) is 5.92 Å². The average Bonchev–Trinajstić information content (AvgIpc) is 3.03. The number of aromatic nitrogens is 3. The maximum Gasteiger partial charge on any atom is 0.418 e. The van der Waals surface area contributed by atoms with Gasteiger partial charge in [-0.3, -0.25) is 19.3 Å². The van der Waals surface area contributed by atoms with Gasteiger partial charge < -0.3 is 9.69 Å². The highest BCUT2D eigenvalue weighted by Crippen LogP contribution is 2.40. The molecule has 3 aromatic heterocycles. The molecule has 0 N–H and O–H groups in total. The van der Waals surface area contributed by atoms with Crippen LogP contribution in [0.3, 0.4) is 0 Å². The van der Waals surface area contributed by atoms with Crippen LogP contribution in [0.5, 0.6) is 0 Å². The van der Waals surface area contributed by atoms with Crippen LogP contribution in [-0.4, -0.2) is 33.9 Å². The Morgan fingerprint density at radius 1 is 0.791 bits per heavy atom. The quantitative estimate of drug-likeness (QED) is 0.164. The van der Waals surface area contributed by atoms with Crippen molar-refractivity contribution in [3.63, 3.8) is 0 Å². The van der Waals surface area contributed by atoms with E-state index >= 15 is 0 Å². The topological polar surface area (TPSA) is 68.1 Å². The first-order chi connectivity index (χ1) is 20.8. The molecule has 4 heterocycles. The van der Waals surface area contributed by atoms with Gasteiger partial charge in [0.25, 0.3) is 5.56 Å². The predicted molar refractivity (Wildman–Crippen MR) is 162 cm³/mol. The van der Waals surface area contributed by atoms with Gasteiger partial charge in [-0.2, -0.15) is 13.2 Å². The first kappa shape index (κ1) is 26.8. The molecule has 214 valence electrons. The number of para-hydroxylation sites is 1. The monoisotopic (exact) mass is 578 g/mol. The summed E-state index contributed by atoms with van der Waals surface area (Å²) < 4.78 is 44.8. The van der Waals surface area contributed by atoms with E-state index in [1.165, 1.54) is 16.7 Å². The Balaban J connectivity index is 1.41. The first-order valence-electron chi connectivity index (χ1n) is 14.0. The number of nitrogens with zero attached hydrogens (tertiary/aromatic N) is 4. The van der Waals surface area contributed by atoms with E-state index in [9.17, 15) is 22.8 Å². The molecule has 0 bridgehead atoms. The summed E-state index contributed by atoms with van der Waals surface area (Å²) >= 11 is 0. The van der Waals surface area contributed by atoms with Gasteiger partial charge in [0.2, 0.25) is 0 Å². The van der Waals surface area contributed by atoms with Crippen LogP contribution in [0.1, 0.15) is 18.4 Å². The molecule has 1 aliphatic rings. The molecule has 0 amide bonds. The number of pyridine rings is 3. The van der Waals surface area contributed by atoms with Crippen molar-refractivity contribution < 1.29 is 18.0 Å². The summed E-state index contributed by atoms with van der Waals surface area (Å²) in [5.41, 5.74) is 2.54. The fourth-order valence-electron chi connectivity index (χ4n) is 6.02. The Labute approximate surface area is 244 Å². The van der Waals surface area contributed by atoms with Gasteiger partial charge in [-0.25, -0.2) is 0 Å². The molecule has 0 aliphatic carbocycles. The number of hydrogen-bond acceptors (Lipinski definition) is 5. The summed E-state index contributed by atoms with van der Waals surface area (Å²) in [6.07, 6.45) is 0.626. The van der Waals surface area contributed by atoms with Crippen molar-refractivity contribution in [1.82, 2.24) is 14.5 Å². The van der Waals surface area contributed by atoms with Crippen LogP contribution >= 0.6 is 0 Å². The van der Waals surface area contributed by atoms with Crippen LogP contribution in [0.15, 0.2) is 96.1 Å². The van der Waals surface area contributed by atoms with Gasteiger partial charge >= 0.3 is 6.18 Å². The summed E-state index contributed by atoms with van der Waals surface area (Å²) in [5.74, 6) is -0.142. The lowest BCUT2D eigenvalue weighted by Crippen LogP contribution is -2.35. The minimum absolute atomic E-state index is 0.0477. The van der Waals surface area contributed by atoms with Crippen molar-refractivity contribution in [2.24, 2.45) is 5.92 Å². The third-order valence-electron chi connectivity index (χ3n) is 8.26. The van der Waals surface area contributed by atoms with Gasteiger partial charge in [0.1, 0.15) is 6.29 Å². The van der Waals surface area contributed by atoms with E-state index in [0.29, 0.717) is 47.7 Å². The summed E-state index contributed by atoms with van der Waals surface area (Å²) in [4.78, 5) is 35.4. The normalized spacial score (nSPS) is 14.5. The number of piperidine rings is 1. The summed E-state index contributed by atoms with van der Waals surface area (Å²) in [5, 5.41) is 2.23. The standard InChI is InChI=1S/C34H25F3N4O2/c35-34(36,37)28-17-26(7-9-31(28)40-13-11-21(20-42)12-14-40)41-32(43)10-6-24-18-39-30-8-5-22(16-27(30)33(24)41)25-15-23-3-1-2-4-29(23)38-19-25/h1-10,15-21H,11-14H2. The zero-order valence-electron chi connectivity index (χ0n) is 22.9. The number of carbonyl (C=O) groups excluding carboxylic acids is 1. The zero-order chi connectivity index (χ0) is 29.7. The Morgan fingerprint density at radius 2 is 1.58 bits per heavy atom. The number of aldehydes is 1. The minimum atomic E-state index is -4.65. The zero-order valence-corrected chi connectivity index (χ0v) is 22.9. The second-order valence-corrected chi connectivity index (χ2v) is 10.9. The van der Waals surface area contributed by atoms with E-state index in [0.717, 1.165) is 34.4 Å². The van der Waals surface area contributed by atoms with Crippen molar-refractivity contribution in [3.05, 3.63) is 107 Å². The van der Waals surface area contributed by atoms with E-state index in [2.05, 4.69) is 9.97 Å². The van der Waals surface area contributed by atoms with Crippen molar-refractivity contribution in [2.45, 2.75) is 19.0 Å². The summed E-state index contributed by atoms with van der Waals surface area (Å²) in [6.45, 7) is 0.700. The van der Waals surface area contributed by atoms with Crippen molar-refractivity contribution in [2.75, 3.05) is 18.0 Å². The molecule has 0 saturated carbocycles. The highest BCUT2D eigenvalue weighted by Gasteiger charge is 2.36. The maximum absolute atomic E-state index is 14.5. The molecule has 6 aromatic rings. The Morgan fingerprint density at radius 3 is 2.37 bits per heavy atom. The molecule has 0 radical (unpaired) electrons. The van der Waals surface area contributed by atoms with E-state index in [-0.39, 0.29) is 17.3 Å². The fourth-order valence-corrected chi connectivity index (χ4v) is 6.02. The van der Waals surface area contributed by atoms with E-state index < -0.39 is 17.3 Å². The lowest BCUT2D eigenvalue weighted by molar-refractivity contribution is -0.137. The number of carbonyl (C=O) groups is 1. The lowest BCUT2D eigenvalue weighted by atomic mass is 9.97. The predicted octanol–water partition coefficient (Wildman–Crippen LogP) is 7.19. The molecular formula is C34H25F3N4O2. The van der Waals surface area contributed by atoms with Crippen LogP contribution < -0.4 is 10.5 Å². The van der Waals surface area contributed by atoms with Crippen LogP contribution in [0.25, 0.3) is 49.5 Å². The van der Waals surface area contributed by atoms with E-state index in [1.54, 1.807) is 29.4 Å². The third-order valence-corrected chi connectivity index (χ3v) is 8.26. The average molecular weight is 579 g/mol. The van der Waals surface area contributed by atoms with Crippen LogP contribution in [-0.2, 0) is 11.0 Å². The molecule has 1 saturated heterocycles. The molecule has 3 aromatic carbocycles. The summed E-state index contributed by atoms with van der Waals surface area (Å²) in [6, 6.07) is 22.5. The van der Waals surface area contributed by atoms with Gasteiger partial charge in [-0.05, 0) is 66.9 Å². The van der Waals surface area contributed by atoms with Crippen molar-refractivity contribution in [1.29, 1.82) is 0 Å². The second-order valence-electron chi connectivity index (χ2n) is 10.9. The number of benzene rings is 3. The molecule has 0 spiro atoms. The van der Waals surface area contributed by atoms with Gasteiger partial charge in [-0.15, -0.1) is 0 Å². The molecule has 1 fully saturated rings. The van der Waals surface area contributed by atoms with E-state index in [4.69, 9.17) is 0 Å². The number of hydrogen-bond donors (Lipinski definition) is 0. The highest BCUT2D eigenvalue weighted by molar-refractivity contribution is 6.05. The Bertz CT molecular complexity index is 2100. The van der Waals surface area contributed by atoms with Gasteiger partial charge in [-0.1, -0.05) is 24.3 Å². The number of fused-ring (bicyclic) bond motifs is 4. The molecule has 6 nitrogen and oxygen atoms in total. The molecule has 0 atom stereocenters. The third kappa shape index (κ3) is 4.80. The van der Waals surface area contributed by atoms with Gasteiger partial charge in [0.05, 0.1) is 27.8 Å². The van der Waals surface area contributed by atoms with Crippen molar-refractivity contribution in [3.8, 4) is 16.8 Å². The number of halogens is 3. The highest BCUT2D eigenvalue weighted by atomic mass is 19.4. The Hall–Kier alpha value is -5.05. The van der Waals surface area contributed by atoms with Gasteiger partial charge in [0, 0.05) is 64.9 Å². The molecule has 7 rings (SSSR count). The number of alkyl halides is 3. The first-order valence-corrected chi connectivity index (χ1v) is 14.0. The number of rotatable bonds is 4. The lowest BCUT2D eigenvalue weighted by Gasteiger charge is -2.33. The summed E-state index contributed by atoms with van der Waals surface area (Å²) in [7, 11) is 0. The molecule has 0 unspecified atom stereocenters. The smallest absolute Gasteiger partial charge is 0.371 e. The fraction of sp³-hybridized carbons (Fsp3) is 0.176. The van der Waals surface area contributed by atoms with E-state index in [1.807, 2.05) is 48.5 Å².